The highest BCUT2D eigenvalue weighted by atomic mass is 32.2. The normalized spacial score (nSPS) is 17.2. The smallest absolute Gasteiger partial charge is 0.265 e. The second-order valence-corrected chi connectivity index (χ2v) is 13.1. The molecular weight excluding hydrogens is 576 g/mol. The lowest BCUT2D eigenvalue weighted by atomic mass is 9.99. The SMILES string of the molecule is COc1ccc2c(c1)CC(N(Cc1ccccc1)C(Oc1cccc(NS(=O)(=O)c3cc4ccc3OC4)c1)[C@H](C)O)CCC2. The van der Waals surface area contributed by atoms with Crippen LogP contribution in [0.15, 0.2) is 95.9 Å². The van der Waals surface area contributed by atoms with E-state index in [1.54, 1.807) is 50.4 Å². The summed E-state index contributed by atoms with van der Waals surface area (Å²) < 4.78 is 46.8. The number of fused-ring (bicyclic) bond motifs is 4. The van der Waals surface area contributed by atoms with Gasteiger partial charge in [-0.15, -0.1) is 0 Å². The Morgan fingerprint density at radius 1 is 0.977 bits per heavy atom. The lowest BCUT2D eigenvalue weighted by Crippen LogP contribution is -2.51. The largest absolute Gasteiger partial charge is 0.497 e. The highest BCUT2D eigenvalue weighted by Crippen LogP contribution is 2.34. The van der Waals surface area contributed by atoms with Gasteiger partial charge in [0.2, 0.25) is 0 Å². The second-order valence-electron chi connectivity index (χ2n) is 11.5. The van der Waals surface area contributed by atoms with E-state index in [4.69, 9.17) is 14.2 Å². The fourth-order valence-corrected chi connectivity index (χ4v) is 7.36. The number of aliphatic hydroxyl groups is 1. The van der Waals surface area contributed by atoms with E-state index in [2.05, 4.69) is 33.9 Å². The summed E-state index contributed by atoms with van der Waals surface area (Å²) >= 11 is 0. The minimum atomic E-state index is -3.89. The molecule has 0 saturated carbocycles. The molecule has 4 aromatic carbocycles. The van der Waals surface area contributed by atoms with Gasteiger partial charge >= 0.3 is 0 Å². The standard InChI is InChI=1S/C35H38N2O6S/c1-24(38)35(43-32-13-7-11-29(21-32)36-44(39,40)34-18-26-14-17-33(34)42-23-26)37(22-25-8-4-3-5-9-25)30-12-6-10-27-15-16-31(41-2)20-28(27)19-30/h3-5,7-9,11,13-18,20-21,24,30,35-36,38H,6,10,12,19,22-23H2,1-2H3/t24-,30?,35?/m0/s1. The van der Waals surface area contributed by atoms with Crippen molar-refractivity contribution in [3.63, 3.8) is 0 Å². The molecule has 4 aromatic rings. The van der Waals surface area contributed by atoms with E-state index in [1.165, 1.54) is 11.1 Å². The molecule has 7 rings (SSSR count). The van der Waals surface area contributed by atoms with Crippen LogP contribution in [0.2, 0.25) is 0 Å². The topological polar surface area (TPSA) is 97.3 Å². The van der Waals surface area contributed by atoms with Gasteiger partial charge in [0.1, 0.15) is 34.9 Å². The molecule has 1 aliphatic carbocycles. The fourth-order valence-electron chi connectivity index (χ4n) is 6.11. The lowest BCUT2D eigenvalue weighted by molar-refractivity contribution is -0.0836. The summed E-state index contributed by atoms with van der Waals surface area (Å²) in [5.74, 6) is 1.60. The van der Waals surface area contributed by atoms with Gasteiger partial charge in [-0.05, 0) is 91.3 Å². The van der Waals surface area contributed by atoms with Crippen LogP contribution >= 0.6 is 0 Å². The van der Waals surface area contributed by atoms with E-state index >= 15 is 0 Å². The van der Waals surface area contributed by atoms with Crippen LogP contribution in [0, 0.1) is 0 Å². The fraction of sp³-hybridized carbons (Fsp3) is 0.314. The van der Waals surface area contributed by atoms with E-state index in [1.807, 2.05) is 30.3 Å². The van der Waals surface area contributed by atoms with Gasteiger partial charge in [-0.25, -0.2) is 8.42 Å². The quantitative estimate of drug-likeness (QED) is 0.160. The van der Waals surface area contributed by atoms with Crippen molar-refractivity contribution in [2.45, 2.75) is 69.0 Å². The van der Waals surface area contributed by atoms with Crippen molar-refractivity contribution in [3.05, 3.63) is 113 Å². The number of aliphatic hydroxyl groups excluding tert-OH is 1. The molecule has 44 heavy (non-hydrogen) atoms. The van der Waals surface area contributed by atoms with Crippen LogP contribution in [0.25, 0.3) is 0 Å². The number of sulfonamides is 1. The molecular formula is C35H38N2O6S. The second kappa shape index (κ2) is 12.9. The number of rotatable bonds is 11. The molecule has 0 aromatic heterocycles. The molecule has 0 spiro atoms. The zero-order chi connectivity index (χ0) is 30.7. The third kappa shape index (κ3) is 6.70. The maximum Gasteiger partial charge on any atom is 0.265 e. The molecule has 3 atom stereocenters. The Morgan fingerprint density at radius 3 is 2.52 bits per heavy atom. The monoisotopic (exact) mass is 614 g/mol. The summed E-state index contributed by atoms with van der Waals surface area (Å²) in [5.41, 5.74) is 4.83. The van der Waals surface area contributed by atoms with Crippen LogP contribution < -0.4 is 18.9 Å². The number of ether oxygens (including phenoxy) is 3. The molecule has 0 amide bonds. The van der Waals surface area contributed by atoms with Crippen LogP contribution in [0.3, 0.4) is 0 Å². The highest BCUT2D eigenvalue weighted by molar-refractivity contribution is 7.92. The Morgan fingerprint density at radius 2 is 1.82 bits per heavy atom. The molecule has 2 N–H and O–H groups in total. The van der Waals surface area contributed by atoms with Crippen LogP contribution in [-0.2, 0) is 36.0 Å². The predicted molar refractivity (Wildman–Crippen MR) is 170 cm³/mol. The Bertz CT molecular complexity index is 1710. The number of anilines is 1. The molecule has 2 heterocycles. The molecule has 2 unspecified atom stereocenters. The Balaban J connectivity index is 1.28. The minimum absolute atomic E-state index is 0.0843. The predicted octanol–water partition coefficient (Wildman–Crippen LogP) is 5.92. The number of hydrogen-bond acceptors (Lipinski definition) is 7. The molecule has 0 fully saturated rings. The van der Waals surface area contributed by atoms with Crippen LogP contribution in [0.1, 0.15) is 42.0 Å². The van der Waals surface area contributed by atoms with Gasteiger partial charge in [-0.1, -0.05) is 48.5 Å². The Labute approximate surface area is 259 Å². The van der Waals surface area contributed by atoms with E-state index in [0.29, 0.717) is 30.3 Å². The van der Waals surface area contributed by atoms with Gasteiger partial charge in [-0.2, -0.15) is 0 Å². The maximum absolute atomic E-state index is 13.3. The first-order valence-electron chi connectivity index (χ1n) is 15.0. The highest BCUT2D eigenvalue weighted by Gasteiger charge is 2.33. The van der Waals surface area contributed by atoms with Crippen molar-refractivity contribution in [1.82, 2.24) is 4.90 Å². The molecule has 0 saturated heterocycles. The van der Waals surface area contributed by atoms with Crippen LogP contribution in [0.4, 0.5) is 5.69 Å². The van der Waals surface area contributed by atoms with Gasteiger partial charge in [0, 0.05) is 18.7 Å². The van der Waals surface area contributed by atoms with Gasteiger partial charge in [-0.3, -0.25) is 9.62 Å². The number of methoxy groups -OCH3 is 1. The number of hydrogen-bond donors (Lipinski definition) is 2. The van der Waals surface area contributed by atoms with Crippen molar-refractivity contribution in [2.24, 2.45) is 0 Å². The van der Waals surface area contributed by atoms with Crippen LogP contribution in [-0.4, -0.2) is 43.9 Å². The number of benzene rings is 4. The maximum atomic E-state index is 13.3. The van der Waals surface area contributed by atoms with Crippen molar-refractivity contribution in [3.8, 4) is 17.2 Å². The third-order valence-corrected chi connectivity index (χ3v) is 9.71. The molecule has 8 nitrogen and oxygen atoms in total. The van der Waals surface area contributed by atoms with Gasteiger partial charge < -0.3 is 19.3 Å². The van der Waals surface area contributed by atoms with E-state index in [0.717, 1.165) is 42.6 Å². The summed E-state index contributed by atoms with van der Waals surface area (Å²) in [7, 11) is -2.21. The first-order valence-corrected chi connectivity index (χ1v) is 16.5. The summed E-state index contributed by atoms with van der Waals surface area (Å²) in [6, 6.07) is 28.5. The van der Waals surface area contributed by atoms with E-state index in [-0.39, 0.29) is 10.9 Å². The first-order chi connectivity index (χ1) is 21.3. The summed E-state index contributed by atoms with van der Waals surface area (Å²) in [6.07, 6.45) is 2.17. The molecule has 2 aliphatic heterocycles. The Hall–Kier alpha value is -4.05. The van der Waals surface area contributed by atoms with Crippen LogP contribution in [0.5, 0.6) is 17.2 Å². The van der Waals surface area contributed by atoms with Gasteiger partial charge in [0.15, 0.2) is 6.23 Å². The number of aryl methyl sites for hydroxylation is 1. The van der Waals surface area contributed by atoms with Crippen molar-refractivity contribution in [2.75, 3.05) is 11.8 Å². The van der Waals surface area contributed by atoms with Crippen molar-refractivity contribution < 1.29 is 27.7 Å². The Kier molecular flexibility index (Phi) is 8.79. The average molecular weight is 615 g/mol. The molecule has 9 heteroatoms. The number of nitrogens with one attached hydrogen (secondary N) is 1. The summed E-state index contributed by atoms with van der Waals surface area (Å²) in [6.45, 7) is 2.68. The minimum Gasteiger partial charge on any atom is -0.497 e. The molecule has 3 aliphatic rings. The lowest BCUT2D eigenvalue weighted by Gasteiger charge is -2.39. The van der Waals surface area contributed by atoms with Gasteiger partial charge in [0.05, 0.1) is 12.8 Å². The van der Waals surface area contributed by atoms with E-state index < -0.39 is 22.4 Å². The zero-order valence-electron chi connectivity index (χ0n) is 25.0. The van der Waals surface area contributed by atoms with Crippen molar-refractivity contribution >= 4 is 15.7 Å². The van der Waals surface area contributed by atoms with E-state index in [9.17, 15) is 13.5 Å². The summed E-state index contributed by atoms with van der Waals surface area (Å²) in [4.78, 5) is 2.35. The summed E-state index contributed by atoms with van der Waals surface area (Å²) in [5, 5.41) is 11.2. The number of nitrogens with zero attached hydrogens (tertiary/aromatic N) is 1. The molecule has 2 bridgehead atoms. The first kappa shape index (κ1) is 30.0. The van der Waals surface area contributed by atoms with Crippen molar-refractivity contribution in [1.29, 1.82) is 0 Å². The molecule has 230 valence electrons. The average Bonchev–Trinajstić information content (AvgIpc) is 3.25. The van der Waals surface area contributed by atoms with Gasteiger partial charge in [0.25, 0.3) is 10.0 Å². The third-order valence-electron chi connectivity index (χ3n) is 8.30. The molecule has 0 radical (unpaired) electrons. The zero-order valence-corrected chi connectivity index (χ0v) is 25.8.